The zero-order valence-corrected chi connectivity index (χ0v) is 16.2. The van der Waals surface area contributed by atoms with Crippen molar-refractivity contribution in [2.24, 2.45) is 0 Å². The summed E-state index contributed by atoms with van der Waals surface area (Å²) in [5.41, 5.74) is 1.21. The molecule has 6 nitrogen and oxygen atoms in total. The van der Waals surface area contributed by atoms with E-state index in [4.69, 9.17) is 24.5 Å². The molecule has 0 fully saturated rings. The van der Waals surface area contributed by atoms with Crippen molar-refractivity contribution in [1.82, 2.24) is 4.90 Å². The fourth-order valence-corrected chi connectivity index (χ4v) is 2.41. The van der Waals surface area contributed by atoms with Crippen LogP contribution in [0.4, 0.5) is 0 Å². The van der Waals surface area contributed by atoms with Crippen molar-refractivity contribution in [2.45, 2.75) is 12.5 Å². The topological polar surface area (TPSA) is 87.1 Å². The molecule has 0 aliphatic carbocycles. The predicted molar refractivity (Wildman–Crippen MR) is 102 cm³/mol. The molecule has 0 spiro atoms. The van der Waals surface area contributed by atoms with Crippen LogP contribution in [0.15, 0.2) is 59.1 Å². The van der Waals surface area contributed by atoms with Gasteiger partial charge in [0.1, 0.15) is 11.9 Å². The average molecular weight is 424 g/mol. The number of nitrogens with zero attached hydrogens (tertiary/aromatic N) is 1. The molecular formula is C19H22BrNO5. The van der Waals surface area contributed by atoms with Gasteiger partial charge in [-0.2, -0.15) is 0 Å². The Hall–Kier alpha value is -2.38. The molecule has 140 valence electrons. The number of carboxylic acids is 2. The van der Waals surface area contributed by atoms with Gasteiger partial charge in [0.2, 0.25) is 0 Å². The summed E-state index contributed by atoms with van der Waals surface area (Å²) in [5, 5.41) is 14.8. The molecule has 0 radical (unpaired) electrons. The molecule has 7 heteroatoms. The van der Waals surface area contributed by atoms with Crippen LogP contribution in [0.2, 0.25) is 0 Å². The van der Waals surface area contributed by atoms with Gasteiger partial charge in [0.05, 0.1) is 4.47 Å². The Morgan fingerprint density at radius 2 is 1.54 bits per heavy atom. The van der Waals surface area contributed by atoms with Crippen molar-refractivity contribution in [2.75, 3.05) is 20.6 Å². The van der Waals surface area contributed by atoms with Gasteiger partial charge in [0.25, 0.3) is 0 Å². The monoisotopic (exact) mass is 423 g/mol. The molecule has 2 rings (SSSR count). The number of para-hydroxylation sites is 1. The Balaban J connectivity index is 0.000000487. The number of carbonyl (C=O) groups is 2. The summed E-state index contributed by atoms with van der Waals surface area (Å²) < 4.78 is 7.20. The molecular weight excluding hydrogens is 402 g/mol. The molecule has 26 heavy (non-hydrogen) atoms. The summed E-state index contributed by atoms with van der Waals surface area (Å²) in [7, 11) is 4.17. The van der Waals surface area contributed by atoms with E-state index in [0.29, 0.717) is 0 Å². The maximum Gasteiger partial charge on any atom is 0.414 e. The zero-order valence-electron chi connectivity index (χ0n) is 14.6. The summed E-state index contributed by atoms with van der Waals surface area (Å²) in [4.78, 5) is 20.4. The first-order valence-electron chi connectivity index (χ1n) is 7.88. The number of rotatable bonds is 6. The molecule has 1 unspecified atom stereocenters. The lowest BCUT2D eigenvalue weighted by atomic mass is 10.1. The Kier molecular flexibility index (Phi) is 9.40. The van der Waals surface area contributed by atoms with Crippen molar-refractivity contribution in [3.8, 4) is 5.75 Å². The lowest BCUT2D eigenvalue weighted by Crippen LogP contribution is -2.18. The Morgan fingerprint density at radius 3 is 2.04 bits per heavy atom. The van der Waals surface area contributed by atoms with E-state index in [1.165, 1.54) is 5.56 Å². The molecule has 0 amide bonds. The number of halogens is 1. The van der Waals surface area contributed by atoms with E-state index in [0.717, 1.165) is 23.2 Å². The predicted octanol–water partition coefficient (Wildman–Crippen LogP) is 3.68. The lowest BCUT2D eigenvalue weighted by molar-refractivity contribution is -0.159. The quantitative estimate of drug-likeness (QED) is 0.689. The number of hydrogen-bond donors (Lipinski definition) is 2. The molecule has 2 aromatic rings. The Labute approximate surface area is 161 Å². The first kappa shape index (κ1) is 21.7. The standard InChI is InChI=1S/C17H20BrNO.C2H2O4/c1-19(2)13-12-16(14-8-4-3-5-9-14)20-17-11-7-6-10-15(17)18;3-1(4)2(5)6/h3-11,16H,12-13H2,1-2H3;(H,3,4)(H,5,6). The van der Waals surface area contributed by atoms with Crippen LogP contribution in [-0.4, -0.2) is 47.7 Å². The smallest absolute Gasteiger partial charge is 0.414 e. The highest BCUT2D eigenvalue weighted by atomic mass is 79.9. The maximum absolute atomic E-state index is 9.10. The SMILES string of the molecule is CN(C)CCC(Oc1ccccc1Br)c1ccccc1.O=C(O)C(=O)O. The molecule has 0 aliphatic rings. The van der Waals surface area contributed by atoms with E-state index in [9.17, 15) is 0 Å². The molecule has 1 atom stereocenters. The van der Waals surface area contributed by atoms with Crippen LogP contribution in [0, 0.1) is 0 Å². The summed E-state index contributed by atoms with van der Waals surface area (Å²) >= 11 is 3.54. The van der Waals surface area contributed by atoms with Gasteiger partial charge in [-0.25, -0.2) is 9.59 Å². The van der Waals surface area contributed by atoms with Crippen molar-refractivity contribution in [1.29, 1.82) is 0 Å². The Morgan fingerprint density at radius 1 is 1.00 bits per heavy atom. The summed E-state index contributed by atoms with van der Waals surface area (Å²) in [6.45, 7) is 0.990. The van der Waals surface area contributed by atoms with Crippen LogP contribution < -0.4 is 4.74 Å². The molecule has 0 aromatic heterocycles. The molecule has 0 heterocycles. The molecule has 0 saturated heterocycles. The van der Waals surface area contributed by atoms with E-state index in [1.54, 1.807) is 0 Å². The van der Waals surface area contributed by atoms with Crippen LogP contribution in [0.1, 0.15) is 18.1 Å². The van der Waals surface area contributed by atoms with E-state index in [1.807, 2.05) is 30.3 Å². The molecule has 2 aromatic carbocycles. The normalized spacial score (nSPS) is 11.2. The van der Waals surface area contributed by atoms with Crippen LogP contribution in [-0.2, 0) is 9.59 Å². The van der Waals surface area contributed by atoms with Crippen molar-refractivity contribution in [3.63, 3.8) is 0 Å². The third kappa shape index (κ3) is 8.13. The van der Waals surface area contributed by atoms with E-state index in [-0.39, 0.29) is 6.10 Å². The highest BCUT2D eigenvalue weighted by Gasteiger charge is 2.14. The van der Waals surface area contributed by atoms with Gasteiger partial charge in [-0.3, -0.25) is 0 Å². The van der Waals surface area contributed by atoms with Gasteiger partial charge in [-0.1, -0.05) is 42.5 Å². The third-order valence-corrected chi connectivity index (χ3v) is 3.95. The first-order valence-corrected chi connectivity index (χ1v) is 8.67. The lowest BCUT2D eigenvalue weighted by Gasteiger charge is -2.22. The number of aliphatic carboxylic acids is 2. The number of carboxylic acid groups (broad SMARTS) is 2. The largest absolute Gasteiger partial charge is 0.485 e. The summed E-state index contributed by atoms with van der Waals surface area (Å²) in [5.74, 6) is -2.76. The number of benzene rings is 2. The third-order valence-electron chi connectivity index (χ3n) is 3.30. The second-order valence-corrected chi connectivity index (χ2v) is 6.50. The van der Waals surface area contributed by atoms with Gasteiger partial charge >= 0.3 is 11.9 Å². The van der Waals surface area contributed by atoms with Gasteiger partial charge < -0.3 is 19.8 Å². The van der Waals surface area contributed by atoms with E-state index in [2.05, 4.69) is 59.2 Å². The maximum atomic E-state index is 9.10. The second kappa shape index (κ2) is 11.3. The zero-order chi connectivity index (χ0) is 19.5. The van der Waals surface area contributed by atoms with Gasteiger partial charge in [0.15, 0.2) is 0 Å². The molecule has 0 saturated carbocycles. The van der Waals surface area contributed by atoms with Gasteiger partial charge in [0, 0.05) is 13.0 Å². The molecule has 2 N–H and O–H groups in total. The second-order valence-electron chi connectivity index (χ2n) is 5.65. The van der Waals surface area contributed by atoms with Gasteiger partial charge in [-0.15, -0.1) is 0 Å². The number of ether oxygens (including phenoxy) is 1. The summed E-state index contributed by atoms with van der Waals surface area (Å²) in [6.07, 6.45) is 1.02. The highest BCUT2D eigenvalue weighted by molar-refractivity contribution is 9.10. The van der Waals surface area contributed by atoms with Crippen LogP contribution in [0.25, 0.3) is 0 Å². The van der Waals surface area contributed by atoms with Crippen molar-refractivity contribution in [3.05, 3.63) is 64.6 Å². The molecule has 0 bridgehead atoms. The van der Waals surface area contributed by atoms with Crippen molar-refractivity contribution < 1.29 is 24.5 Å². The average Bonchev–Trinajstić information content (AvgIpc) is 2.61. The van der Waals surface area contributed by atoms with E-state index >= 15 is 0 Å². The van der Waals surface area contributed by atoms with Crippen LogP contribution in [0.5, 0.6) is 5.75 Å². The first-order chi connectivity index (χ1) is 12.3. The van der Waals surface area contributed by atoms with Crippen LogP contribution >= 0.6 is 15.9 Å². The molecule has 0 aliphatic heterocycles. The number of hydrogen-bond acceptors (Lipinski definition) is 4. The van der Waals surface area contributed by atoms with E-state index < -0.39 is 11.9 Å². The minimum Gasteiger partial charge on any atom is -0.485 e. The minimum absolute atomic E-state index is 0.0669. The Bertz CT molecular complexity index is 694. The summed E-state index contributed by atoms with van der Waals surface area (Å²) in [6, 6.07) is 18.4. The van der Waals surface area contributed by atoms with Crippen LogP contribution in [0.3, 0.4) is 0 Å². The van der Waals surface area contributed by atoms with Crippen molar-refractivity contribution >= 4 is 27.9 Å². The minimum atomic E-state index is -1.82. The fraction of sp³-hybridized carbons (Fsp3) is 0.263. The fourth-order valence-electron chi connectivity index (χ4n) is 2.03. The van der Waals surface area contributed by atoms with Gasteiger partial charge in [-0.05, 0) is 47.7 Å². The highest BCUT2D eigenvalue weighted by Crippen LogP contribution is 2.30.